The standard InChI is InChI=1S/C13H19BrN2O/c1-9(10-4-6-11(14)7-5-10)16-12(17)8-13(2,3)15/h4-7,9H,8,15H2,1-3H3,(H,16,17)/t9-/m1/s1. The zero-order valence-electron chi connectivity index (χ0n) is 10.5. The number of amides is 1. The second-order valence-electron chi connectivity index (χ2n) is 5.01. The Morgan fingerprint density at radius 2 is 1.94 bits per heavy atom. The highest BCUT2D eigenvalue weighted by atomic mass is 79.9. The van der Waals surface area contributed by atoms with E-state index in [1.165, 1.54) is 0 Å². The third-order valence-corrected chi connectivity index (χ3v) is 2.89. The van der Waals surface area contributed by atoms with Crippen LogP contribution in [0.3, 0.4) is 0 Å². The van der Waals surface area contributed by atoms with Crippen molar-refractivity contribution < 1.29 is 4.79 Å². The second-order valence-corrected chi connectivity index (χ2v) is 5.92. The first kappa shape index (κ1) is 14.2. The van der Waals surface area contributed by atoms with Crippen LogP contribution < -0.4 is 11.1 Å². The molecule has 1 amide bonds. The fourth-order valence-corrected chi connectivity index (χ4v) is 1.81. The van der Waals surface area contributed by atoms with Gasteiger partial charge in [-0.25, -0.2) is 0 Å². The van der Waals surface area contributed by atoms with Crippen molar-refractivity contribution in [1.82, 2.24) is 5.32 Å². The minimum Gasteiger partial charge on any atom is -0.350 e. The molecular weight excluding hydrogens is 280 g/mol. The van der Waals surface area contributed by atoms with Crippen LogP contribution in [-0.4, -0.2) is 11.4 Å². The Morgan fingerprint density at radius 3 is 2.41 bits per heavy atom. The molecule has 17 heavy (non-hydrogen) atoms. The summed E-state index contributed by atoms with van der Waals surface area (Å²) in [5, 5.41) is 2.94. The molecule has 0 aliphatic rings. The van der Waals surface area contributed by atoms with E-state index in [1.54, 1.807) is 0 Å². The molecule has 1 atom stereocenters. The monoisotopic (exact) mass is 298 g/mol. The highest BCUT2D eigenvalue weighted by Gasteiger charge is 2.18. The van der Waals surface area contributed by atoms with E-state index in [0.29, 0.717) is 6.42 Å². The lowest BCUT2D eigenvalue weighted by atomic mass is 10.0. The smallest absolute Gasteiger partial charge is 0.222 e. The van der Waals surface area contributed by atoms with Crippen molar-refractivity contribution in [2.75, 3.05) is 0 Å². The summed E-state index contributed by atoms with van der Waals surface area (Å²) in [6.45, 7) is 5.65. The van der Waals surface area contributed by atoms with Crippen LogP contribution in [0.25, 0.3) is 0 Å². The molecule has 3 nitrogen and oxygen atoms in total. The molecule has 0 spiro atoms. The van der Waals surface area contributed by atoms with Gasteiger partial charge in [-0.05, 0) is 38.5 Å². The number of rotatable bonds is 4. The molecule has 0 saturated carbocycles. The zero-order valence-corrected chi connectivity index (χ0v) is 12.0. The first-order valence-corrected chi connectivity index (χ1v) is 6.41. The van der Waals surface area contributed by atoms with Crippen molar-refractivity contribution in [3.8, 4) is 0 Å². The number of benzene rings is 1. The van der Waals surface area contributed by atoms with Gasteiger partial charge in [-0.2, -0.15) is 0 Å². The average molecular weight is 299 g/mol. The van der Waals surface area contributed by atoms with Crippen LogP contribution in [0.15, 0.2) is 28.7 Å². The molecule has 0 saturated heterocycles. The molecule has 3 N–H and O–H groups in total. The number of carbonyl (C=O) groups is 1. The van der Waals surface area contributed by atoms with E-state index in [-0.39, 0.29) is 11.9 Å². The van der Waals surface area contributed by atoms with Crippen molar-refractivity contribution in [2.24, 2.45) is 5.73 Å². The first-order valence-electron chi connectivity index (χ1n) is 5.61. The lowest BCUT2D eigenvalue weighted by Gasteiger charge is -2.20. The lowest BCUT2D eigenvalue weighted by Crippen LogP contribution is -2.39. The number of nitrogens with one attached hydrogen (secondary N) is 1. The zero-order chi connectivity index (χ0) is 13.1. The molecule has 0 aliphatic carbocycles. The van der Waals surface area contributed by atoms with Gasteiger partial charge in [-0.3, -0.25) is 4.79 Å². The fourth-order valence-electron chi connectivity index (χ4n) is 1.54. The molecule has 1 aromatic carbocycles. The minimum absolute atomic E-state index is 0.00190. The number of carbonyl (C=O) groups excluding carboxylic acids is 1. The quantitative estimate of drug-likeness (QED) is 0.898. The number of hydrogen-bond acceptors (Lipinski definition) is 2. The predicted molar refractivity (Wildman–Crippen MR) is 73.6 cm³/mol. The normalized spacial score (nSPS) is 13.2. The Labute approximate surface area is 111 Å². The van der Waals surface area contributed by atoms with Crippen LogP contribution in [0.4, 0.5) is 0 Å². The molecule has 0 fully saturated rings. The molecular formula is C13H19BrN2O. The molecule has 0 heterocycles. The Bertz CT molecular complexity index is 381. The second kappa shape index (κ2) is 5.65. The molecule has 0 radical (unpaired) electrons. The Balaban J connectivity index is 2.57. The van der Waals surface area contributed by atoms with Gasteiger partial charge in [0.2, 0.25) is 5.91 Å². The summed E-state index contributed by atoms with van der Waals surface area (Å²) in [6, 6.07) is 7.90. The van der Waals surface area contributed by atoms with Crippen LogP contribution in [-0.2, 0) is 4.79 Å². The third-order valence-electron chi connectivity index (χ3n) is 2.36. The Morgan fingerprint density at radius 1 is 1.41 bits per heavy atom. The van der Waals surface area contributed by atoms with Gasteiger partial charge in [0.05, 0.1) is 6.04 Å². The predicted octanol–water partition coefficient (Wildman–Crippen LogP) is 2.75. The van der Waals surface area contributed by atoms with Crippen LogP contribution in [0.1, 0.15) is 38.8 Å². The van der Waals surface area contributed by atoms with Gasteiger partial charge < -0.3 is 11.1 Å². The molecule has 0 bridgehead atoms. The summed E-state index contributed by atoms with van der Waals surface area (Å²) in [5.41, 5.74) is 6.41. The first-order chi connectivity index (χ1) is 7.78. The highest BCUT2D eigenvalue weighted by Crippen LogP contribution is 2.17. The summed E-state index contributed by atoms with van der Waals surface area (Å²) in [4.78, 5) is 11.7. The topological polar surface area (TPSA) is 55.1 Å². The molecule has 1 aromatic rings. The largest absolute Gasteiger partial charge is 0.350 e. The number of hydrogen-bond donors (Lipinski definition) is 2. The van der Waals surface area contributed by atoms with E-state index in [1.807, 2.05) is 45.0 Å². The summed E-state index contributed by atoms with van der Waals surface area (Å²) in [6.07, 6.45) is 0.327. The maximum Gasteiger partial charge on any atom is 0.222 e. The SMILES string of the molecule is C[C@@H](NC(=O)CC(C)(C)N)c1ccc(Br)cc1. The fraction of sp³-hybridized carbons (Fsp3) is 0.462. The highest BCUT2D eigenvalue weighted by molar-refractivity contribution is 9.10. The third kappa shape index (κ3) is 5.33. The maximum atomic E-state index is 11.7. The van der Waals surface area contributed by atoms with Gasteiger partial charge in [0.15, 0.2) is 0 Å². The Kier molecular flexibility index (Phi) is 4.71. The van der Waals surface area contributed by atoms with E-state index in [9.17, 15) is 4.79 Å². The van der Waals surface area contributed by atoms with Gasteiger partial charge in [0.25, 0.3) is 0 Å². The van der Waals surface area contributed by atoms with E-state index >= 15 is 0 Å². The summed E-state index contributed by atoms with van der Waals surface area (Å²) < 4.78 is 1.03. The number of nitrogens with two attached hydrogens (primary N) is 1. The van der Waals surface area contributed by atoms with E-state index in [4.69, 9.17) is 5.73 Å². The van der Waals surface area contributed by atoms with Gasteiger partial charge in [-0.1, -0.05) is 28.1 Å². The van der Waals surface area contributed by atoms with E-state index in [2.05, 4.69) is 21.2 Å². The molecule has 94 valence electrons. The van der Waals surface area contributed by atoms with Crippen molar-refractivity contribution in [3.05, 3.63) is 34.3 Å². The summed E-state index contributed by atoms with van der Waals surface area (Å²) in [5.74, 6) is -0.0204. The lowest BCUT2D eigenvalue weighted by molar-refractivity contribution is -0.122. The van der Waals surface area contributed by atoms with Crippen LogP contribution in [0, 0.1) is 0 Å². The van der Waals surface area contributed by atoms with E-state index < -0.39 is 5.54 Å². The van der Waals surface area contributed by atoms with Gasteiger partial charge >= 0.3 is 0 Å². The Hall–Kier alpha value is -0.870. The summed E-state index contributed by atoms with van der Waals surface area (Å²) >= 11 is 3.38. The molecule has 4 heteroatoms. The van der Waals surface area contributed by atoms with Crippen molar-refractivity contribution >= 4 is 21.8 Å². The molecule has 0 unspecified atom stereocenters. The van der Waals surface area contributed by atoms with Gasteiger partial charge in [0, 0.05) is 16.4 Å². The molecule has 0 aromatic heterocycles. The average Bonchev–Trinajstić information content (AvgIpc) is 2.15. The van der Waals surface area contributed by atoms with Crippen molar-refractivity contribution in [1.29, 1.82) is 0 Å². The van der Waals surface area contributed by atoms with Crippen LogP contribution in [0.2, 0.25) is 0 Å². The summed E-state index contributed by atoms with van der Waals surface area (Å²) in [7, 11) is 0. The molecule has 0 aliphatic heterocycles. The van der Waals surface area contributed by atoms with Crippen molar-refractivity contribution in [2.45, 2.75) is 38.8 Å². The van der Waals surface area contributed by atoms with Gasteiger partial charge in [-0.15, -0.1) is 0 Å². The van der Waals surface area contributed by atoms with Crippen LogP contribution in [0.5, 0.6) is 0 Å². The van der Waals surface area contributed by atoms with Crippen LogP contribution >= 0.6 is 15.9 Å². The minimum atomic E-state index is -0.469. The maximum absolute atomic E-state index is 11.7. The van der Waals surface area contributed by atoms with Crippen molar-refractivity contribution in [3.63, 3.8) is 0 Å². The molecule has 1 rings (SSSR count). The van der Waals surface area contributed by atoms with E-state index in [0.717, 1.165) is 10.0 Å². The van der Waals surface area contributed by atoms with Gasteiger partial charge in [0.1, 0.15) is 0 Å². The number of halogens is 1.